The van der Waals surface area contributed by atoms with E-state index in [1.54, 1.807) is 31.4 Å². The van der Waals surface area contributed by atoms with E-state index in [2.05, 4.69) is 15.5 Å². The van der Waals surface area contributed by atoms with Crippen LogP contribution >= 0.6 is 0 Å². The third-order valence-electron chi connectivity index (χ3n) is 3.59. The minimum Gasteiger partial charge on any atom is -0.497 e. The van der Waals surface area contributed by atoms with Gasteiger partial charge >= 0.3 is 0 Å². The van der Waals surface area contributed by atoms with Crippen molar-refractivity contribution in [3.63, 3.8) is 0 Å². The fourth-order valence-corrected chi connectivity index (χ4v) is 2.24. The predicted molar refractivity (Wildman–Crippen MR) is 94.9 cm³/mol. The number of aromatic nitrogens is 2. The maximum atomic E-state index is 11.8. The predicted octanol–water partition coefficient (Wildman–Crippen LogP) is 2.48. The summed E-state index contributed by atoms with van der Waals surface area (Å²) in [6.07, 6.45) is 0.452. The van der Waals surface area contributed by atoms with Gasteiger partial charge in [0.1, 0.15) is 11.5 Å². The molecule has 0 aliphatic rings. The van der Waals surface area contributed by atoms with Gasteiger partial charge < -0.3 is 19.3 Å². The number of hydrogen-bond acceptors (Lipinski definition) is 6. The van der Waals surface area contributed by atoms with Crippen LogP contribution in [0.1, 0.15) is 5.89 Å². The molecule has 0 aliphatic carbocycles. The van der Waals surface area contributed by atoms with Crippen molar-refractivity contribution in [1.29, 1.82) is 0 Å². The molecular formula is C19H19N3O4. The van der Waals surface area contributed by atoms with Crippen molar-refractivity contribution in [2.75, 3.05) is 20.3 Å². The van der Waals surface area contributed by atoms with Crippen molar-refractivity contribution in [2.24, 2.45) is 0 Å². The van der Waals surface area contributed by atoms with Crippen LogP contribution in [-0.2, 0) is 11.2 Å². The van der Waals surface area contributed by atoms with Gasteiger partial charge in [-0.3, -0.25) is 4.79 Å². The summed E-state index contributed by atoms with van der Waals surface area (Å²) >= 11 is 0. The summed E-state index contributed by atoms with van der Waals surface area (Å²) in [5.74, 6) is 2.13. The summed E-state index contributed by atoms with van der Waals surface area (Å²) in [6, 6.07) is 16.6. The number of amides is 1. The average molecular weight is 353 g/mol. The summed E-state index contributed by atoms with van der Waals surface area (Å²) in [7, 11) is 1.59. The molecule has 0 saturated carbocycles. The molecule has 0 fully saturated rings. The Kier molecular flexibility index (Phi) is 5.82. The van der Waals surface area contributed by atoms with E-state index in [9.17, 15) is 4.79 Å². The SMILES string of the molecule is COc1ccc(OCC(=O)NCCc2nc(-c3ccccc3)no2)cc1. The Morgan fingerprint density at radius 1 is 1.08 bits per heavy atom. The van der Waals surface area contributed by atoms with Crippen molar-refractivity contribution in [3.05, 3.63) is 60.5 Å². The molecule has 1 amide bonds. The minimum atomic E-state index is -0.219. The van der Waals surface area contributed by atoms with Gasteiger partial charge in [-0.25, -0.2) is 0 Å². The standard InChI is InChI=1S/C19H19N3O4/c1-24-15-7-9-16(10-8-15)25-13-17(23)20-12-11-18-21-19(22-26-18)14-5-3-2-4-6-14/h2-10H,11-13H2,1H3,(H,20,23). The van der Waals surface area contributed by atoms with E-state index in [1.165, 1.54) is 0 Å². The van der Waals surface area contributed by atoms with Gasteiger partial charge in [-0.05, 0) is 24.3 Å². The first-order chi connectivity index (χ1) is 12.7. The van der Waals surface area contributed by atoms with Crippen molar-refractivity contribution >= 4 is 5.91 Å². The zero-order chi connectivity index (χ0) is 18.2. The van der Waals surface area contributed by atoms with E-state index in [1.807, 2.05) is 30.3 Å². The molecule has 0 bridgehead atoms. The molecule has 7 heteroatoms. The molecule has 0 atom stereocenters. The Morgan fingerprint density at radius 2 is 1.81 bits per heavy atom. The van der Waals surface area contributed by atoms with Crippen molar-refractivity contribution in [2.45, 2.75) is 6.42 Å². The van der Waals surface area contributed by atoms with Crippen LogP contribution in [0.5, 0.6) is 11.5 Å². The first kappa shape index (κ1) is 17.5. The molecule has 7 nitrogen and oxygen atoms in total. The lowest BCUT2D eigenvalue weighted by atomic mass is 10.2. The normalized spacial score (nSPS) is 10.3. The third kappa shape index (κ3) is 4.83. The van der Waals surface area contributed by atoms with Crippen molar-refractivity contribution in [1.82, 2.24) is 15.5 Å². The molecule has 0 aliphatic heterocycles. The van der Waals surface area contributed by atoms with Crippen LogP contribution in [0.4, 0.5) is 0 Å². The zero-order valence-electron chi connectivity index (χ0n) is 14.3. The largest absolute Gasteiger partial charge is 0.497 e. The second-order valence-corrected chi connectivity index (χ2v) is 5.44. The maximum absolute atomic E-state index is 11.8. The highest BCUT2D eigenvalue weighted by atomic mass is 16.5. The number of carbonyl (C=O) groups excluding carboxylic acids is 1. The Bertz CT molecular complexity index is 832. The molecule has 0 saturated heterocycles. The average Bonchev–Trinajstić information content (AvgIpc) is 3.16. The van der Waals surface area contributed by atoms with E-state index < -0.39 is 0 Å². The van der Waals surface area contributed by atoms with Gasteiger partial charge in [0.15, 0.2) is 6.61 Å². The van der Waals surface area contributed by atoms with Crippen LogP contribution in [0.2, 0.25) is 0 Å². The summed E-state index contributed by atoms with van der Waals surface area (Å²) < 4.78 is 15.7. The second kappa shape index (κ2) is 8.66. The topological polar surface area (TPSA) is 86.5 Å². The molecular weight excluding hydrogens is 334 g/mol. The van der Waals surface area contributed by atoms with Gasteiger partial charge in [0, 0.05) is 18.5 Å². The van der Waals surface area contributed by atoms with E-state index >= 15 is 0 Å². The summed E-state index contributed by atoms with van der Waals surface area (Å²) in [6.45, 7) is 0.326. The fourth-order valence-electron chi connectivity index (χ4n) is 2.24. The van der Waals surface area contributed by atoms with Gasteiger partial charge in [0.25, 0.3) is 5.91 Å². The fraction of sp³-hybridized carbons (Fsp3) is 0.211. The lowest BCUT2D eigenvalue weighted by Gasteiger charge is -2.07. The van der Waals surface area contributed by atoms with Crippen LogP contribution in [0.15, 0.2) is 59.1 Å². The number of benzene rings is 2. The van der Waals surface area contributed by atoms with E-state index in [0.717, 1.165) is 11.3 Å². The van der Waals surface area contributed by atoms with Gasteiger partial charge in [-0.1, -0.05) is 35.5 Å². The Morgan fingerprint density at radius 3 is 2.54 bits per heavy atom. The quantitative estimate of drug-likeness (QED) is 0.669. The maximum Gasteiger partial charge on any atom is 0.257 e. The monoisotopic (exact) mass is 353 g/mol. The summed E-state index contributed by atoms with van der Waals surface area (Å²) in [4.78, 5) is 16.1. The molecule has 134 valence electrons. The van der Waals surface area contributed by atoms with Crippen molar-refractivity contribution in [3.8, 4) is 22.9 Å². The summed E-state index contributed by atoms with van der Waals surface area (Å²) in [5.41, 5.74) is 0.888. The smallest absolute Gasteiger partial charge is 0.257 e. The van der Waals surface area contributed by atoms with Gasteiger partial charge in [0.05, 0.1) is 7.11 Å². The van der Waals surface area contributed by atoms with Gasteiger partial charge in [-0.15, -0.1) is 0 Å². The van der Waals surface area contributed by atoms with E-state index in [0.29, 0.717) is 30.4 Å². The van der Waals surface area contributed by atoms with E-state index in [4.69, 9.17) is 14.0 Å². The Labute approximate surface area is 150 Å². The molecule has 0 unspecified atom stereocenters. The molecule has 0 spiro atoms. The lowest BCUT2D eigenvalue weighted by molar-refractivity contribution is -0.123. The summed E-state index contributed by atoms with van der Waals surface area (Å²) in [5, 5.41) is 6.70. The highest BCUT2D eigenvalue weighted by molar-refractivity contribution is 5.77. The number of nitrogens with one attached hydrogen (secondary N) is 1. The second-order valence-electron chi connectivity index (χ2n) is 5.44. The molecule has 2 aromatic carbocycles. The zero-order valence-corrected chi connectivity index (χ0v) is 14.3. The molecule has 26 heavy (non-hydrogen) atoms. The van der Waals surface area contributed by atoms with Crippen molar-refractivity contribution < 1.29 is 18.8 Å². The number of methoxy groups -OCH3 is 1. The van der Waals surface area contributed by atoms with E-state index in [-0.39, 0.29) is 12.5 Å². The Balaban J connectivity index is 1.40. The third-order valence-corrected chi connectivity index (χ3v) is 3.59. The first-order valence-electron chi connectivity index (χ1n) is 8.16. The van der Waals surface area contributed by atoms with Crippen LogP contribution in [-0.4, -0.2) is 36.3 Å². The number of nitrogens with zero attached hydrogens (tertiary/aromatic N) is 2. The first-order valence-corrected chi connectivity index (χ1v) is 8.16. The van der Waals surface area contributed by atoms with Gasteiger partial charge in [0.2, 0.25) is 11.7 Å². The molecule has 1 heterocycles. The van der Waals surface area contributed by atoms with Crippen LogP contribution < -0.4 is 14.8 Å². The number of carbonyl (C=O) groups is 1. The molecule has 1 aromatic heterocycles. The highest BCUT2D eigenvalue weighted by Crippen LogP contribution is 2.17. The molecule has 3 aromatic rings. The highest BCUT2D eigenvalue weighted by Gasteiger charge is 2.09. The van der Waals surface area contributed by atoms with Crippen LogP contribution in [0.25, 0.3) is 11.4 Å². The van der Waals surface area contributed by atoms with Crippen LogP contribution in [0, 0.1) is 0 Å². The number of hydrogen-bond donors (Lipinski definition) is 1. The number of rotatable bonds is 8. The molecule has 1 N–H and O–H groups in total. The molecule has 3 rings (SSSR count). The number of ether oxygens (including phenoxy) is 2. The molecule has 0 radical (unpaired) electrons. The van der Waals surface area contributed by atoms with Gasteiger partial charge in [-0.2, -0.15) is 4.98 Å². The minimum absolute atomic E-state index is 0.0641. The lowest BCUT2D eigenvalue weighted by Crippen LogP contribution is -2.30. The van der Waals surface area contributed by atoms with Crippen LogP contribution in [0.3, 0.4) is 0 Å². The Hall–Kier alpha value is -3.35.